The summed E-state index contributed by atoms with van der Waals surface area (Å²) in [5, 5.41) is 2.87. The number of hydrogen-bond donors (Lipinski definition) is 1. The van der Waals surface area contributed by atoms with Crippen LogP contribution in [0.1, 0.15) is 6.92 Å². The average Bonchev–Trinajstić information content (AvgIpc) is 2.39. The van der Waals surface area contributed by atoms with E-state index >= 15 is 0 Å². The van der Waals surface area contributed by atoms with Crippen LogP contribution in [0.5, 0.6) is 0 Å². The minimum atomic E-state index is -1.87. The lowest BCUT2D eigenvalue weighted by Crippen LogP contribution is -2.67. The smallest absolute Gasteiger partial charge is 0.217 e. The summed E-state index contributed by atoms with van der Waals surface area (Å²) in [7, 11) is 2.88. The maximum atomic E-state index is 11.6. The van der Waals surface area contributed by atoms with Gasteiger partial charge in [-0.3, -0.25) is 4.79 Å². The minimum Gasteiger partial charge on any atom is -0.410 e. The summed E-state index contributed by atoms with van der Waals surface area (Å²) in [5.74, 6) is -0.167. The zero-order chi connectivity index (χ0) is 16.9. The first kappa shape index (κ1) is 19.5. The van der Waals surface area contributed by atoms with E-state index in [1.165, 1.54) is 6.92 Å². The predicted octanol–water partition coefficient (Wildman–Crippen LogP) is 0.744. The maximum absolute atomic E-state index is 11.6. The van der Waals surface area contributed by atoms with Crippen molar-refractivity contribution in [1.29, 1.82) is 0 Å². The zero-order valence-electron chi connectivity index (χ0n) is 14.5. The molecule has 1 N–H and O–H groups in total. The van der Waals surface area contributed by atoms with Crippen molar-refractivity contribution in [2.24, 2.45) is 0 Å². The number of rotatable bonds is 7. The van der Waals surface area contributed by atoms with Crippen LogP contribution in [0, 0.1) is 0 Å². The van der Waals surface area contributed by atoms with Crippen molar-refractivity contribution in [3.63, 3.8) is 0 Å². The molecule has 1 fully saturated rings. The van der Waals surface area contributed by atoms with Gasteiger partial charge in [0.2, 0.25) is 5.91 Å². The molecule has 22 heavy (non-hydrogen) atoms. The van der Waals surface area contributed by atoms with Gasteiger partial charge in [-0.25, -0.2) is 0 Å². The van der Waals surface area contributed by atoms with Crippen LogP contribution in [0.2, 0.25) is 19.6 Å². The van der Waals surface area contributed by atoms with Gasteiger partial charge in [-0.15, -0.1) is 0 Å². The molecule has 0 aliphatic carbocycles. The molecule has 1 heterocycles. The Bertz CT molecular complexity index is 362. The summed E-state index contributed by atoms with van der Waals surface area (Å²) in [6.45, 7) is 8.09. The van der Waals surface area contributed by atoms with Crippen LogP contribution in [-0.2, 0) is 28.2 Å². The van der Waals surface area contributed by atoms with Crippen molar-refractivity contribution in [2.75, 3.05) is 27.9 Å². The maximum Gasteiger partial charge on any atom is 0.217 e. The lowest BCUT2D eigenvalue weighted by molar-refractivity contribution is -0.265. The Morgan fingerprint density at radius 3 is 2.18 bits per heavy atom. The third kappa shape index (κ3) is 5.29. The number of amides is 1. The summed E-state index contributed by atoms with van der Waals surface area (Å²) >= 11 is 0. The fourth-order valence-corrected chi connectivity index (χ4v) is 3.72. The molecule has 1 rings (SSSR count). The van der Waals surface area contributed by atoms with Gasteiger partial charge in [0.15, 0.2) is 14.6 Å². The molecule has 5 unspecified atom stereocenters. The monoisotopic (exact) mass is 335 g/mol. The van der Waals surface area contributed by atoms with Crippen LogP contribution in [0.25, 0.3) is 0 Å². The number of methoxy groups -OCH3 is 3. The van der Waals surface area contributed by atoms with Crippen LogP contribution in [0.15, 0.2) is 0 Å². The summed E-state index contributed by atoms with van der Waals surface area (Å²) in [6.07, 6.45) is -1.66. The third-order valence-corrected chi connectivity index (χ3v) is 4.32. The SMILES string of the molecule is COCC1OC(OC)C(NC(C)=O)C(O[Si](C)(C)C)C1OC. The first-order chi connectivity index (χ1) is 10.2. The van der Waals surface area contributed by atoms with Crippen LogP contribution >= 0.6 is 0 Å². The standard InChI is InChI=1S/C14H29NO6Si/c1-9(16)15-11-13(21-22(5,6)7)12(18-3)10(8-17-2)20-14(11)19-4/h10-14H,8H2,1-7H3,(H,15,16). The molecule has 0 saturated carbocycles. The number of hydrogen-bond acceptors (Lipinski definition) is 6. The van der Waals surface area contributed by atoms with E-state index in [0.717, 1.165) is 0 Å². The second kappa shape index (κ2) is 8.37. The third-order valence-electron chi connectivity index (χ3n) is 3.34. The molecule has 1 aliphatic heterocycles. The first-order valence-corrected chi connectivity index (χ1v) is 10.8. The molecule has 8 heteroatoms. The van der Waals surface area contributed by atoms with Gasteiger partial charge in [-0.05, 0) is 19.6 Å². The highest BCUT2D eigenvalue weighted by molar-refractivity contribution is 6.69. The van der Waals surface area contributed by atoms with Gasteiger partial charge in [0.05, 0.1) is 12.7 Å². The van der Waals surface area contributed by atoms with E-state index in [9.17, 15) is 4.79 Å². The number of carbonyl (C=O) groups is 1. The van der Waals surface area contributed by atoms with E-state index in [0.29, 0.717) is 6.61 Å². The Morgan fingerprint density at radius 1 is 1.14 bits per heavy atom. The highest BCUT2D eigenvalue weighted by Crippen LogP contribution is 2.28. The van der Waals surface area contributed by atoms with Gasteiger partial charge in [0.25, 0.3) is 0 Å². The molecule has 0 spiro atoms. The quantitative estimate of drug-likeness (QED) is 0.692. The highest BCUT2D eigenvalue weighted by atomic mass is 28.4. The topological polar surface area (TPSA) is 75.2 Å². The number of nitrogens with one attached hydrogen (secondary N) is 1. The molecule has 1 saturated heterocycles. The molecule has 0 aromatic rings. The second-order valence-corrected chi connectivity index (χ2v) is 10.8. The van der Waals surface area contributed by atoms with Crippen molar-refractivity contribution < 1.29 is 28.2 Å². The zero-order valence-corrected chi connectivity index (χ0v) is 15.5. The van der Waals surface area contributed by atoms with Crippen LogP contribution in [0.4, 0.5) is 0 Å². The van der Waals surface area contributed by atoms with Crippen molar-refractivity contribution in [1.82, 2.24) is 5.32 Å². The van der Waals surface area contributed by atoms with E-state index in [-0.39, 0.29) is 24.2 Å². The summed E-state index contributed by atoms with van der Waals surface area (Å²) in [6, 6.07) is -0.438. The normalized spacial score (nSPS) is 32.8. The molecule has 1 aliphatic rings. The summed E-state index contributed by atoms with van der Waals surface area (Å²) in [4.78, 5) is 11.6. The van der Waals surface area contributed by atoms with Crippen LogP contribution < -0.4 is 5.32 Å². The molecule has 130 valence electrons. The minimum absolute atomic E-state index is 0.167. The molecule has 0 aromatic heterocycles. The average molecular weight is 335 g/mol. The van der Waals surface area contributed by atoms with Gasteiger partial charge < -0.3 is 28.7 Å². The van der Waals surface area contributed by atoms with Gasteiger partial charge in [0, 0.05) is 28.3 Å². The Balaban J connectivity index is 3.10. The second-order valence-electron chi connectivity index (χ2n) is 6.36. The van der Waals surface area contributed by atoms with Crippen LogP contribution in [0.3, 0.4) is 0 Å². The summed E-state index contributed by atoms with van der Waals surface area (Å²) < 4.78 is 28.4. The fourth-order valence-electron chi connectivity index (χ4n) is 2.63. The van der Waals surface area contributed by atoms with E-state index < -0.39 is 20.6 Å². The van der Waals surface area contributed by atoms with Crippen LogP contribution in [-0.4, -0.2) is 72.8 Å². The molecule has 0 radical (unpaired) electrons. The van der Waals surface area contributed by atoms with Gasteiger partial charge in [0.1, 0.15) is 18.2 Å². The highest BCUT2D eigenvalue weighted by Gasteiger charge is 2.48. The van der Waals surface area contributed by atoms with Crippen molar-refractivity contribution >= 4 is 14.2 Å². The van der Waals surface area contributed by atoms with E-state index in [1.54, 1.807) is 21.3 Å². The molecule has 0 aromatic carbocycles. The Hall–Kier alpha value is -0.513. The Kier molecular flexibility index (Phi) is 7.43. The van der Waals surface area contributed by atoms with Crippen molar-refractivity contribution in [3.8, 4) is 0 Å². The molecule has 5 atom stereocenters. The van der Waals surface area contributed by atoms with Gasteiger partial charge in [-0.2, -0.15) is 0 Å². The predicted molar refractivity (Wildman–Crippen MR) is 84.2 cm³/mol. The van der Waals surface area contributed by atoms with Crippen molar-refractivity contribution in [3.05, 3.63) is 0 Å². The number of carbonyl (C=O) groups excluding carboxylic acids is 1. The first-order valence-electron chi connectivity index (χ1n) is 7.38. The largest absolute Gasteiger partial charge is 0.410 e. The molecule has 7 nitrogen and oxygen atoms in total. The summed E-state index contributed by atoms with van der Waals surface area (Å²) in [5.41, 5.74) is 0. The van der Waals surface area contributed by atoms with E-state index in [1.807, 2.05) is 0 Å². The van der Waals surface area contributed by atoms with E-state index in [2.05, 4.69) is 25.0 Å². The lowest BCUT2D eigenvalue weighted by Gasteiger charge is -2.47. The fraction of sp³-hybridized carbons (Fsp3) is 0.929. The number of ether oxygens (including phenoxy) is 4. The Morgan fingerprint density at radius 2 is 1.77 bits per heavy atom. The molecule has 0 bridgehead atoms. The molecular weight excluding hydrogens is 306 g/mol. The Labute approximate surface area is 133 Å². The van der Waals surface area contributed by atoms with Crippen molar-refractivity contribution in [2.45, 2.75) is 57.2 Å². The van der Waals surface area contributed by atoms with E-state index in [4.69, 9.17) is 23.4 Å². The van der Waals surface area contributed by atoms with Gasteiger partial charge >= 0.3 is 0 Å². The van der Waals surface area contributed by atoms with Gasteiger partial charge in [-0.1, -0.05) is 0 Å². The lowest BCUT2D eigenvalue weighted by atomic mass is 9.96. The molecule has 1 amide bonds. The molecular formula is C14H29NO6Si.